The van der Waals surface area contributed by atoms with Gasteiger partial charge in [-0.3, -0.25) is 0 Å². The van der Waals surface area contributed by atoms with Gasteiger partial charge in [0, 0.05) is 40.1 Å². The number of rotatable bonds is 3. The Kier molecular flexibility index (Phi) is 3.48. The summed E-state index contributed by atoms with van der Waals surface area (Å²) in [6.07, 6.45) is 3.77. The summed E-state index contributed by atoms with van der Waals surface area (Å²) in [6.45, 7) is 8.26. The molecule has 1 aromatic carbocycles. The molecular formula is C17H21N5. The van der Waals surface area contributed by atoms with Gasteiger partial charge in [-0.2, -0.15) is 4.98 Å². The van der Waals surface area contributed by atoms with E-state index in [2.05, 4.69) is 64.6 Å². The van der Waals surface area contributed by atoms with Crippen LogP contribution in [0.4, 0.5) is 17.5 Å². The van der Waals surface area contributed by atoms with E-state index in [1.165, 1.54) is 5.39 Å². The van der Waals surface area contributed by atoms with Crippen LogP contribution in [0.25, 0.3) is 10.9 Å². The number of fused-ring (bicyclic) bond motifs is 1. The van der Waals surface area contributed by atoms with Crippen LogP contribution in [0.5, 0.6) is 0 Å². The Morgan fingerprint density at radius 2 is 1.95 bits per heavy atom. The number of nitrogens with one attached hydrogen (secondary N) is 3. The largest absolute Gasteiger partial charge is 0.361 e. The van der Waals surface area contributed by atoms with Crippen LogP contribution in [0, 0.1) is 6.92 Å². The zero-order valence-electron chi connectivity index (χ0n) is 13.4. The Hall–Kier alpha value is -2.56. The standard InChI is InChI=1S/C17H21N5/c1-11-10-19-16(22-17(2,3)4)21-15(11)20-13-5-6-14-12(9-13)7-8-18-14/h5-10,18H,1-4H3,(H2,19,20,21,22). The number of nitrogens with zero attached hydrogens (tertiary/aromatic N) is 2. The van der Waals surface area contributed by atoms with E-state index in [-0.39, 0.29) is 5.54 Å². The second-order valence-corrected chi connectivity index (χ2v) is 6.50. The van der Waals surface area contributed by atoms with Gasteiger partial charge in [0.15, 0.2) is 0 Å². The highest BCUT2D eigenvalue weighted by Gasteiger charge is 2.12. The lowest BCUT2D eigenvalue weighted by Gasteiger charge is -2.21. The van der Waals surface area contributed by atoms with Gasteiger partial charge in [0.1, 0.15) is 5.82 Å². The third-order valence-electron chi connectivity index (χ3n) is 3.27. The molecule has 0 aliphatic heterocycles. The number of anilines is 3. The van der Waals surface area contributed by atoms with Gasteiger partial charge in [0.05, 0.1) is 0 Å². The number of aryl methyl sites for hydroxylation is 1. The highest BCUT2D eigenvalue weighted by Crippen LogP contribution is 2.23. The fourth-order valence-corrected chi connectivity index (χ4v) is 2.23. The summed E-state index contributed by atoms with van der Waals surface area (Å²) in [5.41, 5.74) is 3.07. The molecule has 0 amide bonds. The molecule has 3 aromatic rings. The lowest BCUT2D eigenvalue weighted by molar-refractivity contribution is 0.626. The normalized spacial score (nSPS) is 11.6. The summed E-state index contributed by atoms with van der Waals surface area (Å²) in [4.78, 5) is 12.1. The maximum Gasteiger partial charge on any atom is 0.225 e. The molecule has 2 aromatic heterocycles. The quantitative estimate of drug-likeness (QED) is 0.677. The molecule has 114 valence electrons. The molecule has 5 heteroatoms. The van der Waals surface area contributed by atoms with E-state index in [9.17, 15) is 0 Å². The second kappa shape index (κ2) is 5.33. The van der Waals surface area contributed by atoms with Gasteiger partial charge in [-0.1, -0.05) is 0 Å². The monoisotopic (exact) mass is 295 g/mol. The molecule has 0 aliphatic carbocycles. The Balaban J connectivity index is 1.88. The Morgan fingerprint density at radius 3 is 2.73 bits per heavy atom. The molecule has 0 saturated carbocycles. The highest BCUT2D eigenvalue weighted by atomic mass is 15.2. The van der Waals surface area contributed by atoms with Crippen molar-refractivity contribution >= 4 is 28.4 Å². The van der Waals surface area contributed by atoms with Crippen molar-refractivity contribution in [1.29, 1.82) is 0 Å². The first-order chi connectivity index (χ1) is 10.4. The molecule has 0 spiro atoms. The minimum absolute atomic E-state index is 0.0729. The Bertz CT molecular complexity index is 798. The predicted molar refractivity (Wildman–Crippen MR) is 91.7 cm³/mol. The van der Waals surface area contributed by atoms with Crippen molar-refractivity contribution in [3.63, 3.8) is 0 Å². The van der Waals surface area contributed by atoms with Crippen molar-refractivity contribution in [2.45, 2.75) is 33.2 Å². The molecule has 0 saturated heterocycles. The summed E-state index contributed by atoms with van der Waals surface area (Å²) in [7, 11) is 0. The van der Waals surface area contributed by atoms with Gasteiger partial charge in [-0.25, -0.2) is 4.98 Å². The first kappa shape index (κ1) is 14.4. The molecule has 0 radical (unpaired) electrons. The summed E-state index contributed by atoms with van der Waals surface area (Å²) < 4.78 is 0. The smallest absolute Gasteiger partial charge is 0.225 e. The SMILES string of the molecule is Cc1cnc(NC(C)(C)C)nc1Nc1ccc2[nH]ccc2c1. The summed E-state index contributed by atoms with van der Waals surface area (Å²) >= 11 is 0. The lowest BCUT2D eigenvalue weighted by atomic mass is 10.1. The second-order valence-electron chi connectivity index (χ2n) is 6.50. The first-order valence-electron chi connectivity index (χ1n) is 7.37. The topological polar surface area (TPSA) is 65.6 Å². The molecule has 0 bridgehead atoms. The minimum Gasteiger partial charge on any atom is -0.361 e. The van der Waals surface area contributed by atoms with E-state index in [1.807, 2.05) is 25.4 Å². The molecule has 0 unspecified atom stereocenters. The fraction of sp³-hybridized carbons (Fsp3) is 0.294. The number of benzene rings is 1. The third-order valence-corrected chi connectivity index (χ3v) is 3.27. The summed E-state index contributed by atoms with van der Waals surface area (Å²) in [5.74, 6) is 1.44. The van der Waals surface area contributed by atoms with Crippen molar-refractivity contribution in [2.24, 2.45) is 0 Å². The van der Waals surface area contributed by atoms with Crippen LogP contribution in [0.3, 0.4) is 0 Å². The van der Waals surface area contributed by atoms with E-state index < -0.39 is 0 Å². The van der Waals surface area contributed by atoms with Crippen LogP contribution in [0.1, 0.15) is 26.3 Å². The van der Waals surface area contributed by atoms with E-state index >= 15 is 0 Å². The summed E-state index contributed by atoms with van der Waals surface area (Å²) in [5, 5.41) is 7.84. The Labute approximate surface area is 130 Å². The van der Waals surface area contributed by atoms with Gasteiger partial charge in [0.25, 0.3) is 0 Å². The molecule has 0 atom stereocenters. The van der Waals surface area contributed by atoms with Crippen LogP contribution in [0.2, 0.25) is 0 Å². The molecule has 22 heavy (non-hydrogen) atoms. The Morgan fingerprint density at radius 1 is 1.14 bits per heavy atom. The van der Waals surface area contributed by atoms with Crippen molar-refractivity contribution in [3.8, 4) is 0 Å². The van der Waals surface area contributed by atoms with Crippen LogP contribution in [0.15, 0.2) is 36.7 Å². The van der Waals surface area contributed by atoms with Gasteiger partial charge in [-0.15, -0.1) is 0 Å². The van der Waals surface area contributed by atoms with Crippen LogP contribution >= 0.6 is 0 Å². The zero-order valence-corrected chi connectivity index (χ0v) is 13.4. The van der Waals surface area contributed by atoms with Crippen molar-refractivity contribution < 1.29 is 0 Å². The molecular weight excluding hydrogens is 274 g/mol. The minimum atomic E-state index is -0.0729. The summed E-state index contributed by atoms with van der Waals surface area (Å²) in [6, 6.07) is 8.25. The van der Waals surface area contributed by atoms with Crippen molar-refractivity contribution in [3.05, 3.63) is 42.2 Å². The third kappa shape index (κ3) is 3.19. The number of H-pyrrole nitrogens is 1. The number of aromatic nitrogens is 3. The van der Waals surface area contributed by atoms with Crippen LogP contribution in [-0.4, -0.2) is 20.5 Å². The van der Waals surface area contributed by atoms with Gasteiger partial charge in [0.2, 0.25) is 5.95 Å². The van der Waals surface area contributed by atoms with Gasteiger partial charge >= 0.3 is 0 Å². The van der Waals surface area contributed by atoms with Crippen LogP contribution < -0.4 is 10.6 Å². The number of aromatic amines is 1. The van der Waals surface area contributed by atoms with Crippen molar-refractivity contribution in [2.75, 3.05) is 10.6 Å². The van der Waals surface area contributed by atoms with Crippen LogP contribution in [-0.2, 0) is 0 Å². The molecule has 3 rings (SSSR count). The molecule has 0 aliphatic rings. The van der Waals surface area contributed by atoms with Crippen molar-refractivity contribution in [1.82, 2.24) is 15.0 Å². The van der Waals surface area contributed by atoms with E-state index in [1.54, 1.807) is 0 Å². The first-order valence-corrected chi connectivity index (χ1v) is 7.37. The number of hydrogen-bond donors (Lipinski definition) is 3. The van der Waals surface area contributed by atoms with E-state index in [0.29, 0.717) is 5.95 Å². The predicted octanol–water partition coefficient (Wildman–Crippen LogP) is 4.22. The highest BCUT2D eigenvalue weighted by molar-refractivity contribution is 5.84. The molecule has 3 N–H and O–H groups in total. The van der Waals surface area contributed by atoms with E-state index in [0.717, 1.165) is 22.6 Å². The van der Waals surface area contributed by atoms with E-state index in [4.69, 9.17) is 0 Å². The fourth-order valence-electron chi connectivity index (χ4n) is 2.23. The van der Waals surface area contributed by atoms with Gasteiger partial charge in [-0.05, 0) is 52.0 Å². The average Bonchev–Trinajstić information content (AvgIpc) is 2.88. The molecule has 0 fully saturated rings. The average molecular weight is 295 g/mol. The number of hydrogen-bond acceptors (Lipinski definition) is 4. The maximum absolute atomic E-state index is 4.58. The molecule has 2 heterocycles. The van der Waals surface area contributed by atoms with Gasteiger partial charge < -0.3 is 15.6 Å². The lowest BCUT2D eigenvalue weighted by Crippen LogP contribution is -2.27. The maximum atomic E-state index is 4.58. The molecule has 5 nitrogen and oxygen atoms in total. The zero-order chi connectivity index (χ0) is 15.7.